The quantitative estimate of drug-likeness (QED) is 0.844. The summed E-state index contributed by atoms with van der Waals surface area (Å²) in [5.41, 5.74) is 1.20. The van der Waals surface area contributed by atoms with Crippen LogP contribution in [0, 0.1) is 11.3 Å². The summed E-state index contributed by atoms with van der Waals surface area (Å²) in [5, 5.41) is 19.1. The number of aliphatic hydroxyl groups is 1. The van der Waals surface area contributed by atoms with Gasteiger partial charge < -0.3 is 5.11 Å². The Morgan fingerprint density at radius 1 is 1.47 bits per heavy atom. The van der Waals surface area contributed by atoms with Gasteiger partial charge in [0.2, 0.25) is 0 Å². The van der Waals surface area contributed by atoms with Crippen LogP contribution >= 0.6 is 0 Å². The number of benzene rings is 1. The van der Waals surface area contributed by atoms with Gasteiger partial charge in [0, 0.05) is 13.1 Å². The van der Waals surface area contributed by atoms with Gasteiger partial charge in [0.15, 0.2) is 0 Å². The van der Waals surface area contributed by atoms with E-state index in [9.17, 15) is 5.11 Å². The summed E-state index contributed by atoms with van der Waals surface area (Å²) < 4.78 is 0. The van der Waals surface area contributed by atoms with Crippen molar-refractivity contribution in [3.8, 4) is 6.07 Å². The second kappa shape index (κ2) is 4.87. The second-order valence-electron chi connectivity index (χ2n) is 5.08. The summed E-state index contributed by atoms with van der Waals surface area (Å²) >= 11 is 0. The molecule has 0 aromatic heterocycles. The van der Waals surface area contributed by atoms with Gasteiger partial charge in [-0.25, -0.2) is 0 Å². The Morgan fingerprint density at radius 2 is 2.24 bits per heavy atom. The zero-order valence-electron chi connectivity index (χ0n) is 10.2. The zero-order valence-corrected chi connectivity index (χ0v) is 10.2. The molecule has 2 rings (SSSR count). The van der Waals surface area contributed by atoms with E-state index < -0.39 is 5.60 Å². The van der Waals surface area contributed by atoms with E-state index >= 15 is 0 Å². The summed E-state index contributed by atoms with van der Waals surface area (Å²) in [6.07, 6.45) is 1.88. The van der Waals surface area contributed by atoms with Crippen molar-refractivity contribution in [3.05, 3.63) is 35.4 Å². The third-order valence-corrected chi connectivity index (χ3v) is 3.29. The highest BCUT2D eigenvalue weighted by molar-refractivity contribution is 5.37. The highest BCUT2D eigenvalue weighted by atomic mass is 16.3. The topological polar surface area (TPSA) is 47.3 Å². The maximum atomic E-state index is 10.0. The number of nitriles is 1. The first-order valence-corrected chi connectivity index (χ1v) is 6.03. The van der Waals surface area contributed by atoms with Crippen molar-refractivity contribution in [1.29, 1.82) is 5.26 Å². The smallest absolute Gasteiger partial charge is 0.0995 e. The van der Waals surface area contributed by atoms with Gasteiger partial charge in [-0.15, -0.1) is 0 Å². The van der Waals surface area contributed by atoms with E-state index in [0.29, 0.717) is 6.54 Å². The van der Waals surface area contributed by atoms with Gasteiger partial charge in [0.05, 0.1) is 17.2 Å². The number of nitrogens with zero attached hydrogens (tertiary/aromatic N) is 2. The number of hydrogen-bond donors (Lipinski definition) is 1. The summed E-state index contributed by atoms with van der Waals surface area (Å²) in [6.45, 7) is 4.32. The van der Waals surface area contributed by atoms with Gasteiger partial charge in [0.25, 0.3) is 0 Å². The maximum Gasteiger partial charge on any atom is 0.0995 e. The Balaban J connectivity index is 2.08. The largest absolute Gasteiger partial charge is 0.389 e. The van der Waals surface area contributed by atoms with Crippen LogP contribution < -0.4 is 0 Å². The second-order valence-corrected chi connectivity index (χ2v) is 5.08. The molecule has 1 unspecified atom stereocenters. The molecule has 90 valence electrons. The van der Waals surface area contributed by atoms with E-state index in [-0.39, 0.29) is 0 Å². The van der Waals surface area contributed by atoms with Crippen LogP contribution in [0.1, 0.15) is 30.9 Å². The van der Waals surface area contributed by atoms with Crippen molar-refractivity contribution in [2.24, 2.45) is 0 Å². The van der Waals surface area contributed by atoms with E-state index in [2.05, 4.69) is 11.0 Å². The molecule has 1 saturated heterocycles. The molecular formula is C14H18N2O. The van der Waals surface area contributed by atoms with E-state index in [1.54, 1.807) is 0 Å². The van der Waals surface area contributed by atoms with Gasteiger partial charge >= 0.3 is 0 Å². The lowest BCUT2D eigenvalue weighted by Gasteiger charge is -2.36. The number of β-amino-alcohol motifs (C(OH)–C–C–N with tert-alkyl or cyclic N) is 1. The summed E-state index contributed by atoms with van der Waals surface area (Å²) in [4.78, 5) is 2.22. The van der Waals surface area contributed by atoms with Crippen molar-refractivity contribution in [2.75, 3.05) is 13.1 Å². The highest BCUT2D eigenvalue weighted by Gasteiger charge is 2.28. The van der Waals surface area contributed by atoms with Gasteiger partial charge in [0.1, 0.15) is 0 Å². The fraction of sp³-hybridized carbons (Fsp3) is 0.500. The van der Waals surface area contributed by atoms with Crippen molar-refractivity contribution in [1.82, 2.24) is 4.90 Å². The van der Waals surface area contributed by atoms with Crippen LogP contribution in [-0.2, 0) is 6.54 Å². The SMILES string of the molecule is CC1(O)CCCN(Cc2ccccc2C#N)C1. The first-order chi connectivity index (χ1) is 8.11. The molecule has 1 aliphatic rings. The zero-order chi connectivity index (χ0) is 12.3. The van der Waals surface area contributed by atoms with E-state index in [1.165, 1.54) is 0 Å². The molecule has 1 N–H and O–H groups in total. The first-order valence-electron chi connectivity index (χ1n) is 6.03. The molecule has 1 aliphatic heterocycles. The highest BCUT2D eigenvalue weighted by Crippen LogP contribution is 2.22. The van der Waals surface area contributed by atoms with Crippen LogP contribution in [0.5, 0.6) is 0 Å². The maximum absolute atomic E-state index is 10.0. The van der Waals surface area contributed by atoms with E-state index in [0.717, 1.165) is 37.1 Å². The van der Waals surface area contributed by atoms with E-state index in [4.69, 9.17) is 5.26 Å². The minimum Gasteiger partial charge on any atom is -0.389 e. The van der Waals surface area contributed by atoms with Crippen molar-refractivity contribution in [2.45, 2.75) is 31.9 Å². The molecule has 0 amide bonds. The van der Waals surface area contributed by atoms with Gasteiger partial charge in [-0.05, 0) is 37.9 Å². The molecule has 1 aromatic rings. The van der Waals surface area contributed by atoms with Crippen molar-refractivity contribution in [3.63, 3.8) is 0 Å². The van der Waals surface area contributed by atoms with Crippen LogP contribution in [0.3, 0.4) is 0 Å². The molecule has 1 atom stereocenters. The molecule has 1 fully saturated rings. The van der Waals surface area contributed by atoms with Crippen molar-refractivity contribution < 1.29 is 5.11 Å². The monoisotopic (exact) mass is 230 g/mol. The Kier molecular flexibility index (Phi) is 3.46. The molecule has 0 saturated carbocycles. The fourth-order valence-electron chi connectivity index (χ4n) is 2.47. The minimum absolute atomic E-state index is 0.583. The third-order valence-electron chi connectivity index (χ3n) is 3.29. The number of likely N-dealkylation sites (tertiary alicyclic amines) is 1. The number of hydrogen-bond acceptors (Lipinski definition) is 3. The predicted octanol–water partition coefficient (Wildman–Crippen LogP) is 1.91. The van der Waals surface area contributed by atoms with Crippen LogP contribution in [0.15, 0.2) is 24.3 Å². The number of piperidine rings is 1. The lowest BCUT2D eigenvalue weighted by atomic mass is 9.94. The average molecular weight is 230 g/mol. The van der Waals surface area contributed by atoms with E-state index in [1.807, 2.05) is 31.2 Å². The molecule has 1 aromatic carbocycles. The number of rotatable bonds is 2. The fourth-order valence-corrected chi connectivity index (χ4v) is 2.47. The van der Waals surface area contributed by atoms with Crippen LogP contribution in [-0.4, -0.2) is 28.7 Å². The normalized spacial score (nSPS) is 25.5. The molecule has 0 bridgehead atoms. The van der Waals surface area contributed by atoms with Gasteiger partial charge in [-0.1, -0.05) is 18.2 Å². The molecule has 0 aliphatic carbocycles. The predicted molar refractivity (Wildman–Crippen MR) is 66.3 cm³/mol. The Bertz CT molecular complexity index is 434. The Hall–Kier alpha value is -1.37. The molecule has 0 radical (unpaired) electrons. The first kappa shape index (κ1) is 12.1. The van der Waals surface area contributed by atoms with Gasteiger partial charge in [-0.2, -0.15) is 5.26 Å². The average Bonchev–Trinajstić information content (AvgIpc) is 2.28. The lowest BCUT2D eigenvalue weighted by molar-refractivity contribution is -0.0181. The molecule has 3 heteroatoms. The lowest BCUT2D eigenvalue weighted by Crippen LogP contribution is -2.45. The third kappa shape index (κ3) is 3.06. The minimum atomic E-state index is -0.583. The summed E-state index contributed by atoms with van der Waals surface area (Å²) in [7, 11) is 0. The summed E-state index contributed by atoms with van der Waals surface area (Å²) in [6, 6.07) is 9.89. The van der Waals surface area contributed by atoms with Crippen LogP contribution in [0.4, 0.5) is 0 Å². The Morgan fingerprint density at radius 3 is 2.94 bits per heavy atom. The molecule has 3 nitrogen and oxygen atoms in total. The van der Waals surface area contributed by atoms with Crippen molar-refractivity contribution >= 4 is 0 Å². The van der Waals surface area contributed by atoms with Crippen LogP contribution in [0.2, 0.25) is 0 Å². The molecular weight excluding hydrogens is 212 g/mol. The molecule has 1 heterocycles. The summed E-state index contributed by atoms with van der Waals surface area (Å²) in [5.74, 6) is 0. The standard InChI is InChI=1S/C14H18N2O/c1-14(17)7-4-8-16(11-14)10-13-6-3-2-5-12(13)9-15/h2-3,5-6,17H,4,7-8,10-11H2,1H3. The molecule has 0 spiro atoms. The Labute approximate surface area is 102 Å². The van der Waals surface area contributed by atoms with Crippen LogP contribution in [0.25, 0.3) is 0 Å². The molecule has 17 heavy (non-hydrogen) atoms. The van der Waals surface area contributed by atoms with Gasteiger partial charge in [-0.3, -0.25) is 4.90 Å².